The molecule has 0 aliphatic heterocycles. The number of hydrogen-bond donors (Lipinski definition) is 0. The van der Waals surface area contributed by atoms with Gasteiger partial charge in [0.1, 0.15) is 0 Å². The Hall–Kier alpha value is -1.84. The van der Waals surface area contributed by atoms with E-state index in [1.54, 1.807) is 42.7 Å². The van der Waals surface area contributed by atoms with E-state index in [1.807, 2.05) is 17.0 Å². The highest BCUT2D eigenvalue weighted by molar-refractivity contribution is 6.34. The predicted molar refractivity (Wildman–Crippen MR) is 93.3 cm³/mol. The molecule has 1 saturated carbocycles. The van der Waals surface area contributed by atoms with Crippen molar-refractivity contribution in [2.45, 2.75) is 25.4 Å². The van der Waals surface area contributed by atoms with Crippen LogP contribution in [-0.4, -0.2) is 21.8 Å². The van der Waals surface area contributed by atoms with Gasteiger partial charge in [0.25, 0.3) is 0 Å². The van der Waals surface area contributed by atoms with Gasteiger partial charge in [-0.05, 0) is 60.4 Å². The third-order valence-corrected chi connectivity index (χ3v) is 4.32. The molecular formula is C18H16Cl2N2O. The van der Waals surface area contributed by atoms with Crippen LogP contribution in [0.1, 0.15) is 24.0 Å². The number of aromatic nitrogens is 1. The first-order valence-corrected chi connectivity index (χ1v) is 8.22. The van der Waals surface area contributed by atoms with Crippen LogP contribution in [0.25, 0.3) is 6.08 Å². The van der Waals surface area contributed by atoms with Crippen LogP contribution < -0.4 is 0 Å². The zero-order chi connectivity index (χ0) is 16.2. The Balaban J connectivity index is 1.74. The lowest BCUT2D eigenvalue weighted by molar-refractivity contribution is -0.127. The van der Waals surface area contributed by atoms with E-state index in [4.69, 9.17) is 23.2 Å². The minimum absolute atomic E-state index is 0.0136. The number of pyridine rings is 1. The summed E-state index contributed by atoms with van der Waals surface area (Å²) in [5.74, 6) is -0.0136. The van der Waals surface area contributed by atoms with Crippen LogP contribution in [-0.2, 0) is 11.3 Å². The molecule has 0 radical (unpaired) electrons. The molecule has 3 rings (SSSR count). The number of amides is 1. The Morgan fingerprint density at radius 2 is 1.96 bits per heavy atom. The van der Waals surface area contributed by atoms with Gasteiger partial charge in [-0.1, -0.05) is 23.2 Å². The molecule has 1 aromatic carbocycles. The topological polar surface area (TPSA) is 33.2 Å². The summed E-state index contributed by atoms with van der Waals surface area (Å²) in [7, 11) is 0. The predicted octanol–water partition coefficient (Wildman–Crippen LogP) is 4.59. The summed E-state index contributed by atoms with van der Waals surface area (Å²) >= 11 is 12.1. The van der Waals surface area contributed by atoms with Gasteiger partial charge < -0.3 is 4.90 Å². The molecule has 1 fully saturated rings. The molecule has 1 aliphatic carbocycles. The third kappa shape index (κ3) is 4.34. The fraction of sp³-hybridized carbons (Fsp3) is 0.222. The maximum atomic E-state index is 12.5. The first-order valence-electron chi connectivity index (χ1n) is 7.46. The lowest BCUT2D eigenvalue weighted by Crippen LogP contribution is -2.31. The van der Waals surface area contributed by atoms with Crippen molar-refractivity contribution in [1.29, 1.82) is 0 Å². The van der Waals surface area contributed by atoms with Gasteiger partial charge in [0.15, 0.2) is 0 Å². The number of benzene rings is 1. The Labute approximate surface area is 145 Å². The van der Waals surface area contributed by atoms with Crippen molar-refractivity contribution < 1.29 is 4.79 Å². The first-order chi connectivity index (χ1) is 11.1. The molecule has 0 saturated heterocycles. The molecule has 0 unspecified atom stereocenters. The van der Waals surface area contributed by atoms with Crippen molar-refractivity contribution in [1.82, 2.24) is 9.88 Å². The summed E-state index contributed by atoms with van der Waals surface area (Å²) in [4.78, 5) is 18.4. The van der Waals surface area contributed by atoms with E-state index in [0.29, 0.717) is 22.6 Å². The second-order valence-corrected chi connectivity index (χ2v) is 6.40. The fourth-order valence-electron chi connectivity index (χ4n) is 2.36. The number of halogens is 2. The maximum absolute atomic E-state index is 12.5. The van der Waals surface area contributed by atoms with Gasteiger partial charge in [0.05, 0.1) is 0 Å². The molecular weight excluding hydrogens is 331 g/mol. The molecule has 118 valence electrons. The zero-order valence-corrected chi connectivity index (χ0v) is 14.0. The molecule has 1 amide bonds. The van der Waals surface area contributed by atoms with Gasteiger partial charge in [-0.15, -0.1) is 0 Å². The van der Waals surface area contributed by atoms with Crippen molar-refractivity contribution in [3.05, 3.63) is 70.0 Å². The first kappa shape index (κ1) is 16.0. The quantitative estimate of drug-likeness (QED) is 0.741. The summed E-state index contributed by atoms with van der Waals surface area (Å²) in [5, 5.41) is 1.17. The van der Waals surface area contributed by atoms with E-state index in [-0.39, 0.29) is 5.91 Å². The van der Waals surface area contributed by atoms with Gasteiger partial charge in [-0.3, -0.25) is 9.78 Å². The highest BCUT2D eigenvalue weighted by atomic mass is 35.5. The van der Waals surface area contributed by atoms with Crippen LogP contribution in [0.3, 0.4) is 0 Å². The molecule has 1 aliphatic rings. The standard InChI is InChI=1S/C18H16Cl2N2O/c19-15-2-5-17(20)14(11-15)1-6-18(23)22(16-3-4-16)12-13-7-9-21-10-8-13/h1-2,5-11,16H,3-4,12H2/b6-1+. The Morgan fingerprint density at radius 1 is 1.22 bits per heavy atom. The number of hydrogen-bond acceptors (Lipinski definition) is 2. The molecule has 5 heteroatoms. The van der Waals surface area contributed by atoms with Gasteiger partial charge in [-0.2, -0.15) is 0 Å². The maximum Gasteiger partial charge on any atom is 0.247 e. The van der Waals surface area contributed by atoms with Crippen molar-refractivity contribution >= 4 is 35.2 Å². The van der Waals surface area contributed by atoms with Gasteiger partial charge in [0.2, 0.25) is 5.91 Å². The minimum Gasteiger partial charge on any atom is -0.332 e. The van der Waals surface area contributed by atoms with Crippen molar-refractivity contribution in [2.24, 2.45) is 0 Å². The van der Waals surface area contributed by atoms with E-state index >= 15 is 0 Å². The molecule has 3 nitrogen and oxygen atoms in total. The number of nitrogens with zero attached hydrogens (tertiary/aromatic N) is 2. The molecule has 1 aromatic heterocycles. The van der Waals surface area contributed by atoms with Gasteiger partial charge >= 0.3 is 0 Å². The average molecular weight is 347 g/mol. The number of carbonyl (C=O) groups is 1. The van der Waals surface area contributed by atoms with Crippen molar-refractivity contribution in [3.8, 4) is 0 Å². The molecule has 2 aromatic rings. The van der Waals surface area contributed by atoms with Gasteiger partial charge in [0, 0.05) is 41.1 Å². The monoisotopic (exact) mass is 346 g/mol. The van der Waals surface area contributed by atoms with E-state index in [2.05, 4.69) is 4.98 Å². The largest absolute Gasteiger partial charge is 0.332 e. The molecule has 0 N–H and O–H groups in total. The highest BCUT2D eigenvalue weighted by Crippen LogP contribution is 2.29. The van der Waals surface area contributed by atoms with Crippen LogP contribution in [0.15, 0.2) is 48.8 Å². The van der Waals surface area contributed by atoms with Crippen molar-refractivity contribution in [2.75, 3.05) is 0 Å². The number of rotatable bonds is 5. The molecule has 23 heavy (non-hydrogen) atoms. The van der Waals surface area contributed by atoms with Crippen LogP contribution in [0.2, 0.25) is 10.0 Å². The van der Waals surface area contributed by atoms with E-state index in [0.717, 1.165) is 24.0 Å². The average Bonchev–Trinajstić information content (AvgIpc) is 3.39. The van der Waals surface area contributed by atoms with E-state index in [9.17, 15) is 4.79 Å². The second kappa shape index (κ2) is 7.16. The van der Waals surface area contributed by atoms with Crippen LogP contribution in [0.5, 0.6) is 0 Å². The Morgan fingerprint density at radius 3 is 2.65 bits per heavy atom. The van der Waals surface area contributed by atoms with Gasteiger partial charge in [-0.25, -0.2) is 0 Å². The van der Waals surface area contributed by atoms with Crippen LogP contribution >= 0.6 is 23.2 Å². The lowest BCUT2D eigenvalue weighted by Gasteiger charge is -2.20. The Bertz CT molecular complexity index is 727. The van der Waals surface area contributed by atoms with Crippen LogP contribution in [0.4, 0.5) is 0 Å². The minimum atomic E-state index is -0.0136. The second-order valence-electron chi connectivity index (χ2n) is 5.55. The Kier molecular flexibility index (Phi) is 4.99. The lowest BCUT2D eigenvalue weighted by atomic mass is 10.2. The molecule has 0 spiro atoms. The summed E-state index contributed by atoms with van der Waals surface area (Å²) in [6.45, 7) is 0.597. The normalized spacial score (nSPS) is 14.2. The molecule has 0 atom stereocenters. The third-order valence-electron chi connectivity index (χ3n) is 3.74. The molecule has 1 heterocycles. The fourth-order valence-corrected chi connectivity index (χ4v) is 2.72. The van der Waals surface area contributed by atoms with E-state index < -0.39 is 0 Å². The van der Waals surface area contributed by atoms with Crippen LogP contribution in [0, 0.1) is 0 Å². The molecule has 0 bridgehead atoms. The van der Waals surface area contributed by atoms with Crippen molar-refractivity contribution in [3.63, 3.8) is 0 Å². The SMILES string of the molecule is O=C(/C=C/c1cc(Cl)ccc1Cl)N(Cc1ccncc1)C1CC1. The number of carbonyl (C=O) groups excluding carboxylic acids is 1. The van der Waals surface area contributed by atoms with E-state index in [1.165, 1.54) is 0 Å². The highest BCUT2D eigenvalue weighted by Gasteiger charge is 2.31. The summed E-state index contributed by atoms with van der Waals surface area (Å²) in [5.41, 5.74) is 1.82. The summed E-state index contributed by atoms with van der Waals surface area (Å²) in [6, 6.07) is 9.39. The smallest absolute Gasteiger partial charge is 0.247 e. The zero-order valence-electron chi connectivity index (χ0n) is 12.5. The summed E-state index contributed by atoms with van der Waals surface area (Å²) < 4.78 is 0. The summed E-state index contributed by atoms with van der Waals surface area (Å²) in [6.07, 6.45) is 8.89.